The second-order valence-electron chi connectivity index (χ2n) is 3.94. The lowest BCUT2D eigenvalue weighted by atomic mass is 10.0. The van der Waals surface area contributed by atoms with Crippen LogP contribution in [0.2, 0.25) is 5.02 Å². The van der Waals surface area contributed by atoms with E-state index in [9.17, 15) is 4.79 Å². The quantitative estimate of drug-likeness (QED) is 0.775. The molecule has 0 spiro atoms. The normalized spacial score (nSPS) is 10.2. The Morgan fingerprint density at radius 2 is 2.12 bits per heavy atom. The van der Waals surface area contributed by atoms with E-state index in [1.54, 1.807) is 12.3 Å². The molecule has 0 aliphatic heterocycles. The maximum atomic E-state index is 12.0. The van der Waals surface area contributed by atoms with Crippen LogP contribution in [-0.2, 0) is 6.42 Å². The molecule has 0 fully saturated rings. The van der Waals surface area contributed by atoms with Gasteiger partial charge in [0.1, 0.15) is 0 Å². The van der Waals surface area contributed by atoms with Gasteiger partial charge in [-0.25, -0.2) is 0 Å². The van der Waals surface area contributed by atoms with Crippen LogP contribution in [-0.4, -0.2) is 10.8 Å². The molecule has 2 nitrogen and oxygen atoms in total. The lowest BCUT2D eigenvalue weighted by molar-refractivity contribution is 0.0992. The molecular weight excluding hydrogens is 234 g/mol. The van der Waals surface area contributed by atoms with Crippen LogP contribution >= 0.6 is 11.6 Å². The number of rotatable bonds is 3. The van der Waals surface area contributed by atoms with E-state index in [1.165, 1.54) is 0 Å². The van der Waals surface area contributed by atoms with Crippen molar-refractivity contribution in [3.63, 3.8) is 0 Å². The molecule has 3 heteroatoms. The summed E-state index contributed by atoms with van der Waals surface area (Å²) in [6.07, 6.45) is 1.99. The van der Waals surface area contributed by atoms with Crippen molar-refractivity contribution >= 4 is 17.4 Å². The number of hydrogen-bond donors (Lipinski definition) is 0. The standard InChI is InChI=1S/C14H12ClNO/c1-10-6-11(8-12(15)7-10)14(17)9-13-4-2-3-5-16-13/h2-8H,9H2,1H3. The summed E-state index contributed by atoms with van der Waals surface area (Å²) in [7, 11) is 0. The van der Waals surface area contributed by atoms with Crippen molar-refractivity contribution in [2.45, 2.75) is 13.3 Å². The molecule has 2 aromatic rings. The summed E-state index contributed by atoms with van der Waals surface area (Å²) in [5.41, 5.74) is 2.40. The Bertz CT molecular complexity index is 517. The third-order valence-corrected chi connectivity index (χ3v) is 2.65. The number of carbonyl (C=O) groups is 1. The number of aromatic nitrogens is 1. The molecule has 0 saturated carbocycles. The molecule has 0 aliphatic rings. The van der Waals surface area contributed by atoms with Gasteiger partial charge in [-0.2, -0.15) is 0 Å². The molecular formula is C14H12ClNO. The predicted molar refractivity (Wildman–Crippen MR) is 68.5 cm³/mol. The molecule has 1 aromatic heterocycles. The fourth-order valence-electron chi connectivity index (χ4n) is 1.67. The number of hydrogen-bond acceptors (Lipinski definition) is 2. The van der Waals surface area contributed by atoms with Gasteiger partial charge in [0.15, 0.2) is 5.78 Å². The zero-order valence-corrected chi connectivity index (χ0v) is 10.2. The smallest absolute Gasteiger partial charge is 0.168 e. The molecule has 0 saturated heterocycles. The van der Waals surface area contributed by atoms with Crippen molar-refractivity contribution in [3.8, 4) is 0 Å². The number of ketones is 1. The molecule has 17 heavy (non-hydrogen) atoms. The Labute approximate surface area is 105 Å². The third-order valence-electron chi connectivity index (χ3n) is 2.43. The molecule has 0 unspecified atom stereocenters. The van der Waals surface area contributed by atoms with Crippen LogP contribution in [0, 0.1) is 6.92 Å². The second kappa shape index (κ2) is 5.11. The minimum absolute atomic E-state index is 0.0364. The molecule has 0 bridgehead atoms. The highest BCUT2D eigenvalue weighted by Crippen LogP contribution is 2.16. The van der Waals surface area contributed by atoms with E-state index >= 15 is 0 Å². The Balaban J connectivity index is 2.20. The van der Waals surface area contributed by atoms with Crippen LogP contribution in [0.3, 0.4) is 0 Å². The molecule has 2 rings (SSSR count). The van der Waals surface area contributed by atoms with Gasteiger partial charge in [0.05, 0.1) is 6.42 Å². The van der Waals surface area contributed by atoms with E-state index in [0.29, 0.717) is 17.0 Å². The van der Waals surface area contributed by atoms with Crippen LogP contribution in [0.5, 0.6) is 0 Å². The number of pyridine rings is 1. The summed E-state index contributed by atoms with van der Waals surface area (Å²) in [4.78, 5) is 16.2. The first-order valence-electron chi connectivity index (χ1n) is 5.35. The van der Waals surface area contributed by atoms with Gasteiger partial charge in [-0.05, 0) is 42.8 Å². The highest BCUT2D eigenvalue weighted by atomic mass is 35.5. The van der Waals surface area contributed by atoms with Crippen LogP contribution in [0.15, 0.2) is 42.6 Å². The molecule has 1 aromatic carbocycles. The number of Topliss-reactive ketones (excluding diaryl/α,β-unsaturated/α-hetero) is 1. The summed E-state index contributed by atoms with van der Waals surface area (Å²) in [6.45, 7) is 1.92. The summed E-state index contributed by atoms with van der Waals surface area (Å²) < 4.78 is 0. The monoisotopic (exact) mass is 245 g/mol. The van der Waals surface area contributed by atoms with Gasteiger partial charge in [0, 0.05) is 22.5 Å². The fraction of sp³-hybridized carbons (Fsp3) is 0.143. The third kappa shape index (κ3) is 3.14. The van der Waals surface area contributed by atoms with Gasteiger partial charge in [0.2, 0.25) is 0 Å². The van der Waals surface area contributed by atoms with Crippen LogP contribution in [0.25, 0.3) is 0 Å². The molecule has 0 aliphatic carbocycles. The maximum Gasteiger partial charge on any atom is 0.168 e. The van der Waals surface area contributed by atoms with Crippen molar-refractivity contribution in [1.82, 2.24) is 4.98 Å². The topological polar surface area (TPSA) is 30.0 Å². The van der Waals surface area contributed by atoms with Gasteiger partial charge in [-0.1, -0.05) is 17.7 Å². The lowest BCUT2D eigenvalue weighted by Crippen LogP contribution is -2.05. The predicted octanol–water partition coefficient (Wildman–Crippen LogP) is 3.47. The average molecular weight is 246 g/mol. The van der Waals surface area contributed by atoms with Crippen molar-refractivity contribution in [2.75, 3.05) is 0 Å². The Hall–Kier alpha value is -1.67. The van der Waals surface area contributed by atoms with Gasteiger partial charge in [-0.15, -0.1) is 0 Å². The molecule has 1 heterocycles. The van der Waals surface area contributed by atoms with Gasteiger partial charge in [0.25, 0.3) is 0 Å². The SMILES string of the molecule is Cc1cc(Cl)cc(C(=O)Cc2ccccn2)c1. The van der Waals surface area contributed by atoms with Crippen LogP contribution in [0.1, 0.15) is 21.6 Å². The summed E-state index contributed by atoms with van der Waals surface area (Å²) in [5.74, 6) is 0.0364. The first kappa shape index (κ1) is 11.8. The van der Waals surface area contributed by atoms with E-state index in [0.717, 1.165) is 11.3 Å². The fourth-order valence-corrected chi connectivity index (χ4v) is 1.96. The van der Waals surface area contributed by atoms with E-state index in [1.807, 2.05) is 37.3 Å². The highest BCUT2D eigenvalue weighted by Gasteiger charge is 2.08. The van der Waals surface area contributed by atoms with Gasteiger partial charge < -0.3 is 0 Å². The van der Waals surface area contributed by atoms with Crippen molar-refractivity contribution in [3.05, 3.63) is 64.4 Å². The lowest BCUT2D eigenvalue weighted by Gasteiger charge is -2.03. The summed E-state index contributed by atoms with van der Waals surface area (Å²) in [6, 6.07) is 10.9. The van der Waals surface area contributed by atoms with E-state index in [2.05, 4.69) is 4.98 Å². The van der Waals surface area contributed by atoms with E-state index in [4.69, 9.17) is 11.6 Å². The van der Waals surface area contributed by atoms with Crippen molar-refractivity contribution < 1.29 is 4.79 Å². The van der Waals surface area contributed by atoms with Crippen molar-refractivity contribution in [2.24, 2.45) is 0 Å². The molecule has 0 amide bonds. The Kier molecular flexibility index (Phi) is 3.55. The van der Waals surface area contributed by atoms with Gasteiger partial charge >= 0.3 is 0 Å². The Morgan fingerprint density at radius 1 is 1.29 bits per heavy atom. The number of aryl methyl sites for hydroxylation is 1. The first-order valence-corrected chi connectivity index (χ1v) is 5.73. The minimum atomic E-state index is 0.0364. The van der Waals surface area contributed by atoms with E-state index < -0.39 is 0 Å². The minimum Gasteiger partial charge on any atom is -0.294 e. The molecule has 0 N–H and O–H groups in total. The summed E-state index contributed by atoms with van der Waals surface area (Å²) in [5, 5.41) is 0.592. The molecule has 86 valence electrons. The zero-order chi connectivity index (χ0) is 12.3. The zero-order valence-electron chi connectivity index (χ0n) is 9.48. The Morgan fingerprint density at radius 3 is 2.76 bits per heavy atom. The maximum absolute atomic E-state index is 12.0. The highest BCUT2D eigenvalue weighted by molar-refractivity contribution is 6.31. The van der Waals surface area contributed by atoms with Crippen molar-refractivity contribution in [1.29, 1.82) is 0 Å². The average Bonchev–Trinajstić information content (AvgIpc) is 2.29. The first-order chi connectivity index (χ1) is 8.15. The number of nitrogens with zero attached hydrogens (tertiary/aromatic N) is 1. The summed E-state index contributed by atoms with van der Waals surface area (Å²) >= 11 is 5.93. The van der Waals surface area contributed by atoms with Crippen LogP contribution in [0.4, 0.5) is 0 Å². The van der Waals surface area contributed by atoms with Gasteiger partial charge in [-0.3, -0.25) is 9.78 Å². The number of benzene rings is 1. The van der Waals surface area contributed by atoms with E-state index in [-0.39, 0.29) is 5.78 Å². The molecule has 0 radical (unpaired) electrons. The number of halogens is 1. The largest absolute Gasteiger partial charge is 0.294 e. The molecule has 0 atom stereocenters. The second-order valence-corrected chi connectivity index (χ2v) is 4.37. The number of carbonyl (C=O) groups excluding carboxylic acids is 1. The van der Waals surface area contributed by atoms with Crippen LogP contribution < -0.4 is 0 Å².